The van der Waals surface area contributed by atoms with Crippen LogP contribution in [0.2, 0.25) is 0 Å². The zero-order valence-corrected chi connectivity index (χ0v) is 11.1. The van der Waals surface area contributed by atoms with Crippen molar-refractivity contribution in [3.8, 4) is 0 Å². The lowest BCUT2D eigenvalue weighted by Gasteiger charge is -2.19. The Morgan fingerprint density at radius 2 is 2.43 bits per heavy atom. The lowest BCUT2D eigenvalue weighted by Crippen LogP contribution is -2.28. The largest absolute Gasteiger partial charge is 0.292 e. The number of thiophene rings is 1. The highest BCUT2D eigenvalue weighted by Gasteiger charge is 2.38. The minimum atomic E-state index is -0.173. The molecule has 2 rings (SSSR count). The van der Waals surface area contributed by atoms with E-state index in [1.54, 1.807) is 11.8 Å². The lowest BCUT2D eigenvalue weighted by atomic mass is 9.99. The van der Waals surface area contributed by atoms with E-state index in [9.17, 15) is 4.79 Å². The van der Waals surface area contributed by atoms with Crippen LogP contribution in [0.5, 0.6) is 0 Å². The van der Waals surface area contributed by atoms with E-state index >= 15 is 0 Å². The van der Waals surface area contributed by atoms with Crippen LogP contribution in [0.3, 0.4) is 0 Å². The highest BCUT2D eigenvalue weighted by Crippen LogP contribution is 2.42. The number of thioether (sulfide) groups is 1. The van der Waals surface area contributed by atoms with Crippen LogP contribution >= 0.6 is 39.0 Å². The molecule has 1 aromatic rings. The first-order valence-corrected chi connectivity index (χ1v) is 7.21. The Morgan fingerprint density at radius 3 is 2.93 bits per heavy atom. The van der Waals surface area contributed by atoms with Crippen molar-refractivity contribution in [2.45, 2.75) is 24.5 Å². The molecule has 14 heavy (non-hydrogen) atoms. The van der Waals surface area contributed by atoms with Gasteiger partial charge in [0.15, 0.2) is 5.78 Å². The molecule has 0 aromatic carbocycles. The summed E-state index contributed by atoms with van der Waals surface area (Å²) in [6.07, 6.45) is 2.18. The summed E-state index contributed by atoms with van der Waals surface area (Å²) in [5.41, 5.74) is 0. The molecule has 2 heterocycles. The molecule has 1 aliphatic rings. The third kappa shape index (κ3) is 1.79. The summed E-state index contributed by atoms with van der Waals surface area (Å²) in [6.45, 7) is 2.07. The van der Waals surface area contributed by atoms with Crippen molar-refractivity contribution in [1.29, 1.82) is 0 Å². The molecule has 4 heteroatoms. The summed E-state index contributed by atoms with van der Waals surface area (Å²) in [5.74, 6) is 1.41. The molecule has 1 atom stereocenters. The summed E-state index contributed by atoms with van der Waals surface area (Å²) in [6, 6.07) is 1.95. The molecule has 0 bridgehead atoms. The van der Waals surface area contributed by atoms with Gasteiger partial charge in [-0.25, -0.2) is 0 Å². The molecular weight excluding hydrogens is 280 g/mol. The molecule has 0 amide bonds. The van der Waals surface area contributed by atoms with Crippen molar-refractivity contribution in [1.82, 2.24) is 0 Å². The van der Waals surface area contributed by atoms with Crippen LogP contribution in [0.25, 0.3) is 0 Å². The number of carbonyl (C=O) groups is 1. The van der Waals surface area contributed by atoms with E-state index in [1.807, 2.05) is 11.4 Å². The quantitative estimate of drug-likeness (QED) is 0.767. The zero-order chi connectivity index (χ0) is 10.2. The second kappa shape index (κ2) is 3.99. The molecular formula is C10H11BrOS2. The normalized spacial score (nSPS) is 26.7. The fraction of sp³-hybridized carbons (Fsp3) is 0.500. The van der Waals surface area contributed by atoms with Gasteiger partial charge >= 0.3 is 0 Å². The average molecular weight is 291 g/mol. The summed E-state index contributed by atoms with van der Waals surface area (Å²) in [5, 5.41) is 1.96. The molecule has 76 valence electrons. The maximum atomic E-state index is 12.2. The zero-order valence-electron chi connectivity index (χ0n) is 7.88. The van der Waals surface area contributed by atoms with Crippen molar-refractivity contribution in [3.05, 3.63) is 20.8 Å². The predicted octanol–water partition coefficient (Wildman–Crippen LogP) is 3.98. The number of halogens is 1. The van der Waals surface area contributed by atoms with E-state index in [4.69, 9.17) is 0 Å². The second-order valence-electron chi connectivity index (χ2n) is 3.61. The minimum Gasteiger partial charge on any atom is -0.292 e. The second-order valence-corrected chi connectivity index (χ2v) is 6.98. The molecule has 0 saturated carbocycles. The lowest BCUT2D eigenvalue weighted by molar-refractivity contribution is 0.0952. The monoisotopic (exact) mass is 290 g/mol. The Labute approximate surface area is 100 Å². The number of rotatable bonds is 2. The van der Waals surface area contributed by atoms with E-state index in [1.165, 1.54) is 11.3 Å². The number of carbonyl (C=O) groups excluding carboxylic acids is 1. The summed E-state index contributed by atoms with van der Waals surface area (Å²) in [7, 11) is 0. The molecule has 1 aromatic heterocycles. The van der Waals surface area contributed by atoms with Crippen LogP contribution < -0.4 is 0 Å². The van der Waals surface area contributed by atoms with Gasteiger partial charge in [0.25, 0.3) is 0 Å². The molecule has 1 aliphatic heterocycles. The van der Waals surface area contributed by atoms with Gasteiger partial charge in [0.2, 0.25) is 0 Å². The first kappa shape index (κ1) is 10.7. The summed E-state index contributed by atoms with van der Waals surface area (Å²) in [4.78, 5) is 13.1. The number of hydrogen-bond donors (Lipinski definition) is 0. The highest BCUT2D eigenvalue weighted by molar-refractivity contribution is 9.10. The topological polar surface area (TPSA) is 17.1 Å². The van der Waals surface area contributed by atoms with Crippen LogP contribution in [-0.4, -0.2) is 16.3 Å². The Bertz CT molecular complexity index is 353. The van der Waals surface area contributed by atoms with Gasteiger partial charge < -0.3 is 0 Å². The van der Waals surface area contributed by atoms with E-state index in [2.05, 4.69) is 22.9 Å². The summed E-state index contributed by atoms with van der Waals surface area (Å²) >= 11 is 6.75. The van der Waals surface area contributed by atoms with E-state index in [0.29, 0.717) is 5.78 Å². The van der Waals surface area contributed by atoms with Crippen LogP contribution in [-0.2, 0) is 0 Å². The first-order chi connectivity index (χ1) is 6.63. The van der Waals surface area contributed by atoms with Crippen LogP contribution in [0.1, 0.15) is 29.4 Å². The van der Waals surface area contributed by atoms with Gasteiger partial charge in [-0.1, -0.05) is 0 Å². The number of Topliss-reactive ketones (excluding diaryl/α,β-unsaturated/α-hetero) is 1. The minimum absolute atomic E-state index is 0.173. The third-order valence-corrected chi connectivity index (χ3v) is 5.88. The van der Waals surface area contributed by atoms with Gasteiger partial charge in [0.05, 0.1) is 9.62 Å². The van der Waals surface area contributed by atoms with Crippen molar-refractivity contribution in [2.75, 3.05) is 5.75 Å². The first-order valence-electron chi connectivity index (χ1n) is 4.55. The maximum absolute atomic E-state index is 12.2. The Hall–Kier alpha value is 0.200. The number of ketones is 1. The Kier molecular flexibility index (Phi) is 3.05. The van der Waals surface area contributed by atoms with Gasteiger partial charge in [-0.05, 0) is 52.9 Å². The van der Waals surface area contributed by atoms with Crippen molar-refractivity contribution in [3.63, 3.8) is 0 Å². The molecule has 1 saturated heterocycles. The van der Waals surface area contributed by atoms with Crippen LogP contribution in [0, 0.1) is 0 Å². The Balaban J connectivity index is 2.28. The van der Waals surface area contributed by atoms with E-state index in [0.717, 1.165) is 27.9 Å². The van der Waals surface area contributed by atoms with Crippen LogP contribution in [0.15, 0.2) is 15.9 Å². The predicted molar refractivity (Wildman–Crippen MR) is 66.4 cm³/mol. The van der Waals surface area contributed by atoms with Gasteiger partial charge in [-0.3, -0.25) is 4.79 Å². The van der Waals surface area contributed by atoms with Crippen molar-refractivity contribution in [2.24, 2.45) is 0 Å². The molecule has 0 N–H and O–H groups in total. The Morgan fingerprint density at radius 1 is 1.64 bits per heavy atom. The molecule has 0 spiro atoms. The van der Waals surface area contributed by atoms with Crippen molar-refractivity contribution < 1.29 is 4.79 Å². The number of hydrogen-bond acceptors (Lipinski definition) is 3. The van der Waals surface area contributed by atoms with E-state index in [-0.39, 0.29) is 4.75 Å². The van der Waals surface area contributed by atoms with Gasteiger partial charge in [-0.15, -0.1) is 23.1 Å². The maximum Gasteiger partial charge on any atom is 0.189 e. The van der Waals surface area contributed by atoms with Gasteiger partial charge in [0.1, 0.15) is 0 Å². The molecule has 1 unspecified atom stereocenters. The van der Waals surface area contributed by atoms with Crippen LogP contribution in [0.4, 0.5) is 0 Å². The third-order valence-electron chi connectivity index (χ3n) is 2.52. The highest BCUT2D eigenvalue weighted by atomic mass is 79.9. The smallest absolute Gasteiger partial charge is 0.189 e. The molecule has 0 aliphatic carbocycles. The standard InChI is InChI=1S/C10H11BrOS2/c1-10(4-2-5-14-10)9(12)8-7(11)3-6-13-8/h3,6H,2,4-5H2,1H3. The fourth-order valence-electron chi connectivity index (χ4n) is 1.65. The average Bonchev–Trinajstić information content (AvgIpc) is 2.74. The van der Waals surface area contributed by atoms with Crippen molar-refractivity contribution >= 4 is 44.8 Å². The molecule has 1 fully saturated rings. The van der Waals surface area contributed by atoms with Gasteiger partial charge in [0, 0.05) is 4.47 Å². The SMILES string of the molecule is CC1(C(=O)c2sccc2Br)CCCS1. The molecule has 0 radical (unpaired) electrons. The summed E-state index contributed by atoms with van der Waals surface area (Å²) < 4.78 is 0.772. The molecule has 1 nitrogen and oxygen atoms in total. The van der Waals surface area contributed by atoms with Gasteiger partial charge in [-0.2, -0.15) is 0 Å². The fourth-order valence-corrected chi connectivity index (χ4v) is 4.60. The van der Waals surface area contributed by atoms with E-state index < -0.39 is 0 Å².